The highest BCUT2D eigenvalue weighted by Crippen LogP contribution is 2.44. The number of hydrogen-bond donors (Lipinski definition) is 1. The maximum Gasteiger partial charge on any atom is 0.119 e. The molecule has 160 valence electrons. The molecule has 1 heteroatoms. The van der Waals surface area contributed by atoms with Crippen LogP contribution in [0, 0.1) is 0 Å². The van der Waals surface area contributed by atoms with Crippen LogP contribution in [0.3, 0.4) is 0 Å². The van der Waals surface area contributed by atoms with Gasteiger partial charge < -0.3 is 5.11 Å². The van der Waals surface area contributed by atoms with Crippen molar-refractivity contribution in [1.29, 1.82) is 0 Å². The highest BCUT2D eigenvalue weighted by molar-refractivity contribution is 5.76. The summed E-state index contributed by atoms with van der Waals surface area (Å²) in [5, 5.41) is 10.9. The molecule has 0 saturated heterocycles. The van der Waals surface area contributed by atoms with Crippen molar-refractivity contribution in [2.45, 2.75) is 105 Å². The molecule has 0 spiro atoms. The standard InChI is InChI=1S/C28H42O/c1-25(2,3)18-13-14-21(26(4,5)6)19(15-18)20-16-23(28(10,11)12)24(29)17-22(20)27(7,8)9/h13-17,29H,1-12H3. The molecule has 0 aromatic heterocycles. The molecule has 0 bridgehead atoms. The highest BCUT2D eigenvalue weighted by atomic mass is 16.3. The van der Waals surface area contributed by atoms with E-state index in [2.05, 4.69) is 107 Å². The molecular weight excluding hydrogens is 352 g/mol. The molecule has 0 amide bonds. The molecule has 2 aromatic carbocycles. The van der Waals surface area contributed by atoms with Gasteiger partial charge in [0, 0.05) is 0 Å². The quantitative estimate of drug-likeness (QED) is 0.516. The topological polar surface area (TPSA) is 20.2 Å². The minimum absolute atomic E-state index is 0.0285. The Hall–Kier alpha value is -1.76. The van der Waals surface area contributed by atoms with Crippen LogP contribution >= 0.6 is 0 Å². The highest BCUT2D eigenvalue weighted by Gasteiger charge is 2.29. The number of hydrogen-bond acceptors (Lipinski definition) is 1. The summed E-state index contributed by atoms with van der Waals surface area (Å²) in [5.41, 5.74) is 7.33. The number of phenolic OH excluding ortho intramolecular Hbond substituents is 1. The molecule has 2 rings (SSSR count). The fraction of sp³-hybridized carbons (Fsp3) is 0.571. The van der Waals surface area contributed by atoms with Gasteiger partial charge in [0.2, 0.25) is 0 Å². The average molecular weight is 395 g/mol. The van der Waals surface area contributed by atoms with Crippen LogP contribution in [0.2, 0.25) is 0 Å². The molecule has 0 aliphatic rings. The first-order valence-corrected chi connectivity index (χ1v) is 10.9. The second-order valence-corrected chi connectivity index (χ2v) is 12.7. The molecule has 2 aromatic rings. The van der Waals surface area contributed by atoms with Gasteiger partial charge in [-0.3, -0.25) is 0 Å². The molecule has 0 aliphatic carbocycles. The lowest BCUT2D eigenvalue weighted by Gasteiger charge is -2.32. The van der Waals surface area contributed by atoms with E-state index in [1.54, 1.807) is 0 Å². The van der Waals surface area contributed by atoms with Gasteiger partial charge in [0.05, 0.1) is 0 Å². The Morgan fingerprint density at radius 2 is 0.931 bits per heavy atom. The van der Waals surface area contributed by atoms with Crippen molar-refractivity contribution < 1.29 is 5.11 Å². The molecule has 1 N–H and O–H groups in total. The van der Waals surface area contributed by atoms with E-state index in [-0.39, 0.29) is 21.7 Å². The fourth-order valence-electron chi connectivity index (χ4n) is 3.92. The van der Waals surface area contributed by atoms with Crippen molar-refractivity contribution in [2.75, 3.05) is 0 Å². The van der Waals surface area contributed by atoms with Crippen molar-refractivity contribution >= 4 is 0 Å². The minimum Gasteiger partial charge on any atom is -0.508 e. The van der Waals surface area contributed by atoms with E-state index in [4.69, 9.17) is 0 Å². The van der Waals surface area contributed by atoms with E-state index in [0.717, 1.165) is 5.56 Å². The zero-order valence-corrected chi connectivity index (χ0v) is 20.8. The van der Waals surface area contributed by atoms with Crippen LogP contribution in [-0.2, 0) is 21.7 Å². The lowest BCUT2D eigenvalue weighted by molar-refractivity contribution is 0.443. The summed E-state index contributed by atoms with van der Waals surface area (Å²) in [4.78, 5) is 0. The van der Waals surface area contributed by atoms with Crippen LogP contribution in [0.1, 0.15) is 105 Å². The van der Waals surface area contributed by atoms with Crippen molar-refractivity contribution in [1.82, 2.24) is 0 Å². The van der Waals surface area contributed by atoms with Gasteiger partial charge in [0.15, 0.2) is 0 Å². The Bertz CT molecular complexity index is 888. The van der Waals surface area contributed by atoms with Crippen LogP contribution in [-0.4, -0.2) is 5.11 Å². The molecule has 0 atom stereocenters. The maximum atomic E-state index is 10.9. The van der Waals surface area contributed by atoms with Gasteiger partial charge >= 0.3 is 0 Å². The maximum absolute atomic E-state index is 10.9. The van der Waals surface area contributed by atoms with Gasteiger partial charge in [-0.1, -0.05) is 101 Å². The largest absolute Gasteiger partial charge is 0.508 e. The van der Waals surface area contributed by atoms with Crippen molar-refractivity contribution in [3.63, 3.8) is 0 Å². The Morgan fingerprint density at radius 1 is 0.483 bits per heavy atom. The Morgan fingerprint density at radius 3 is 1.34 bits per heavy atom. The van der Waals surface area contributed by atoms with Gasteiger partial charge in [-0.15, -0.1) is 0 Å². The molecule has 0 saturated carbocycles. The first kappa shape index (κ1) is 23.5. The summed E-state index contributed by atoms with van der Waals surface area (Å²) in [5.74, 6) is 0.399. The first-order valence-electron chi connectivity index (χ1n) is 10.9. The molecule has 29 heavy (non-hydrogen) atoms. The van der Waals surface area contributed by atoms with Crippen LogP contribution in [0.5, 0.6) is 5.75 Å². The zero-order chi connectivity index (χ0) is 22.6. The van der Waals surface area contributed by atoms with Crippen LogP contribution in [0.25, 0.3) is 11.1 Å². The van der Waals surface area contributed by atoms with Gasteiger partial charge in [-0.25, -0.2) is 0 Å². The molecule has 0 heterocycles. The summed E-state index contributed by atoms with van der Waals surface area (Å²) in [6.45, 7) is 26.8. The SMILES string of the molecule is CC(C)(C)c1ccc(C(C)(C)C)c(-c2cc(C(C)(C)C)c(O)cc2C(C)(C)C)c1. The van der Waals surface area contributed by atoms with Crippen LogP contribution in [0.4, 0.5) is 0 Å². The third-order valence-electron chi connectivity index (χ3n) is 5.74. The summed E-state index contributed by atoms with van der Waals surface area (Å²) < 4.78 is 0. The minimum atomic E-state index is -0.126. The van der Waals surface area contributed by atoms with Crippen molar-refractivity contribution in [2.24, 2.45) is 0 Å². The third kappa shape index (κ3) is 5.05. The Balaban J connectivity index is 3.01. The second-order valence-electron chi connectivity index (χ2n) is 12.7. The molecule has 0 aliphatic heterocycles. The average Bonchev–Trinajstić information content (AvgIpc) is 2.50. The zero-order valence-electron chi connectivity index (χ0n) is 20.8. The summed E-state index contributed by atoms with van der Waals surface area (Å²) in [6.07, 6.45) is 0. The number of aromatic hydroxyl groups is 1. The van der Waals surface area contributed by atoms with Crippen LogP contribution in [0.15, 0.2) is 30.3 Å². The number of benzene rings is 2. The Labute approximate surface area is 179 Å². The van der Waals surface area contributed by atoms with Gasteiger partial charge in [-0.2, -0.15) is 0 Å². The number of phenols is 1. The fourth-order valence-corrected chi connectivity index (χ4v) is 3.92. The lowest BCUT2D eigenvalue weighted by atomic mass is 9.73. The first-order chi connectivity index (χ1) is 12.8. The van der Waals surface area contributed by atoms with Gasteiger partial charge in [0.25, 0.3) is 0 Å². The van der Waals surface area contributed by atoms with E-state index in [0.29, 0.717) is 5.75 Å². The molecule has 1 nitrogen and oxygen atoms in total. The predicted octanol–water partition coefficient (Wildman–Crippen LogP) is 8.25. The summed E-state index contributed by atoms with van der Waals surface area (Å²) >= 11 is 0. The summed E-state index contributed by atoms with van der Waals surface area (Å²) in [6, 6.07) is 11.2. The molecular formula is C28H42O. The van der Waals surface area contributed by atoms with Gasteiger partial charge in [-0.05, 0) is 67.2 Å². The Kier molecular flexibility index (Phi) is 5.83. The molecule has 0 fully saturated rings. The van der Waals surface area contributed by atoms with Crippen molar-refractivity contribution in [3.05, 3.63) is 52.6 Å². The van der Waals surface area contributed by atoms with E-state index in [1.807, 2.05) is 6.07 Å². The van der Waals surface area contributed by atoms with E-state index < -0.39 is 0 Å². The lowest BCUT2D eigenvalue weighted by Crippen LogP contribution is -2.20. The normalized spacial score (nSPS) is 13.7. The number of rotatable bonds is 1. The smallest absolute Gasteiger partial charge is 0.119 e. The molecule has 0 unspecified atom stereocenters. The van der Waals surface area contributed by atoms with E-state index in [1.165, 1.54) is 27.8 Å². The second kappa shape index (κ2) is 7.18. The van der Waals surface area contributed by atoms with Crippen molar-refractivity contribution in [3.8, 4) is 16.9 Å². The van der Waals surface area contributed by atoms with E-state index in [9.17, 15) is 5.11 Å². The molecule has 0 radical (unpaired) electrons. The summed E-state index contributed by atoms with van der Waals surface area (Å²) in [7, 11) is 0. The predicted molar refractivity (Wildman–Crippen MR) is 128 cm³/mol. The monoisotopic (exact) mass is 394 g/mol. The third-order valence-corrected chi connectivity index (χ3v) is 5.74. The van der Waals surface area contributed by atoms with E-state index >= 15 is 0 Å². The van der Waals surface area contributed by atoms with Crippen LogP contribution < -0.4 is 0 Å². The van der Waals surface area contributed by atoms with Gasteiger partial charge in [0.1, 0.15) is 5.75 Å².